The lowest BCUT2D eigenvalue weighted by atomic mass is 10.2. The van der Waals surface area contributed by atoms with Crippen LogP contribution in [0, 0.1) is 0 Å². The van der Waals surface area contributed by atoms with E-state index in [9.17, 15) is 16.8 Å². The van der Waals surface area contributed by atoms with Crippen LogP contribution in [0.3, 0.4) is 0 Å². The molecule has 0 aromatic heterocycles. The van der Waals surface area contributed by atoms with Gasteiger partial charge < -0.3 is 0 Å². The van der Waals surface area contributed by atoms with Gasteiger partial charge in [0.05, 0.1) is 16.4 Å². The predicted octanol–water partition coefficient (Wildman–Crippen LogP) is 2.80. The highest BCUT2D eigenvalue weighted by molar-refractivity contribution is 7.90. The van der Waals surface area contributed by atoms with Crippen LogP contribution in [0.25, 0.3) is 10.4 Å². The summed E-state index contributed by atoms with van der Waals surface area (Å²) in [5.74, 6) is -0.611. The molecule has 120 valence electrons. The van der Waals surface area contributed by atoms with Crippen LogP contribution in [0.5, 0.6) is 0 Å². The molecule has 2 aromatic rings. The molecule has 0 N–H and O–H groups in total. The van der Waals surface area contributed by atoms with Gasteiger partial charge in [0.2, 0.25) is 10.0 Å². The molecule has 23 heavy (non-hydrogen) atoms. The van der Waals surface area contributed by atoms with Gasteiger partial charge in [-0.1, -0.05) is 42.5 Å². The van der Waals surface area contributed by atoms with Gasteiger partial charge in [0.15, 0.2) is 9.84 Å². The van der Waals surface area contributed by atoms with Crippen molar-refractivity contribution in [3.63, 3.8) is 0 Å². The Morgan fingerprint density at radius 2 is 1.39 bits per heavy atom. The lowest BCUT2D eigenvalue weighted by Gasteiger charge is -2.06. The molecule has 0 unspecified atom stereocenters. The maximum absolute atomic E-state index is 12.3. The van der Waals surface area contributed by atoms with Crippen molar-refractivity contribution in [1.82, 2.24) is 0 Å². The van der Waals surface area contributed by atoms with Crippen LogP contribution in [0.15, 0.2) is 64.0 Å². The number of hydrogen-bond donors (Lipinski definition) is 0. The summed E-state index contributed by atoms with van der Waals surface area (Å²) < 4.78 is 50.1. The minimum absolute atomic E-state index is 0.103. The number of sulfone groups is 1. The van der Waals surface area contributed by atoms with Gasteiger partial charge in [-0.25, -0.2) is 16.8 Å². The standard InChI is InChI=1S/C14H13N3O4S2/c15-16-17-23(20,21)11-13-6-8-14(9-7-13)22(18,19)10-12-4-2-1-3-5-12/h1-9H,10-11H2. The Balaban J connectivity index is 2.20. The van der Waals surface area contributed by atoms with Crippen molar-refractivity contribution in [2.75, 3.05) is 0 Å². The largest absolute Gasteiger partial charge is 0.239 e. The first-order valence-corrected chi connectivity index (χ1v) is 9.73. The van der Waals surface area contributed by atoms with Crippen molar-refractivity contribution < 1.29 is 16.8 Å². The number of hydrogen-bond acceptors (Lipinski definition) is 4. The quantitative estimate of drug-likeness (QED) is 0.452. The van der Waals surface area contributed by atoms with Gasteiger partial charge >= 0.3 is 0 Å². The number of rotatable bonds is 6. The minimum Gasteiger partial charge on any atom is -0.223 e. The smallest absolute Gasteiger partial charge is 0.223 e. The molecule has 0 saturated carbocycles. The molecule has 2 rings (SSSR count). The normalized spacial score (nSPS) is 11.7. The topological polar surface area (TPSA) is 117 Å². The molecule has 9 heteroatoms. The summed E-state index contributed by atoms with van der Waals surface area (Å²) in [6, 6.07) is 14.2. The summed E-state index contributed by atoms with van der Waals surface area (Å²) in [6.45, 7) is 0. The Kier molecular flexibility index (Phi) is 5.05. The average Bonchev–Trinajstić information content (AvgIpc) is 2.47. The number of nitrogens with zero attached hydrogens (tertiary/aromatic N) is 3. The molecule has 2 aromatic carbocycles. The first-order valence-electron chi connectivity index (χ1n) is 6.47. The van der Waals surface area contributed by atoms with Crippen LogP contribution in [-0.4, -0.2) is 16.8 Å². The van der Waals surface area contributed by atoms with Crippen molar-refractivity contribution in [3.05, 3.63) is 76.2 Å². The van der Waals surface area contributed by atoms with Crippen molar-refractivity contribution in [2.24, 2.45) is 4.52 Å². The van der Waals surface area contributed by atoms with E-state index in [1.807, 2.05) is 0 Å². The zero-order valence-electron chi connectivity index (χ0n) is 11.9. The highest BCUT2D eigenvalue weighted by Gasteiger charge is 2.16. The lowest BCUT2D eigenvalue weighted by molar-refractivity contribution is 0.595. The molecule has 0 bridgehead atoms. The van der Waals surface area contributed by atoms with Gasteiger partial charge in [0, 0.05) is 9.43 Å². The second kappa shape index (κ2) is 6.82. The summed E-state index contributed by atoms with van der Waals surface area (Å²) in [6.07, 6.45) is 0. The van der Waals surface area contributed by atoms with Crippen LogP contribution < -0.4 is 0 Å². The molecule has 0 heterocycles. The molecule has 0 aliphatic rings. The van der Waals surface area contributed by atoms with Crippen LogP contribution >= 0.6 is 0 Å². The fourth-order valence-corrected chi connectivity index (χ4v) is 4.10. The van der Waals surface area contributed by atoms with E-state index in [-0.39, 0.29) is 10.6 Å². The molecule has 0 spiro atoms. The molecule has 0 amide bonds. The van der Waals surface area contributed by atoms with E-state index in [4.69, 9.17) is 5.53 Å². The Morgan fingerprint density at radius 1 is 0.826 bits per heavy atom. The Bertz CT molecular complexity index is 931. The van der Waals surface area contributed by atoms with E-state index in [0.717, 1.165) is 0 Å². The number of benzene rings is 2. The van der Waals surface area contributed by atoms with E-state index in [2.05, 4.69) is 9.43 Å². The molecule has 0 aliphatic heterocycles. The van der Waals surface area contributed by atoms with Gasteiger partial charge in [-0.05, 0) is 28.8 Å². The molecular weight excluding hydrogens is 338 g/mol. The van der Waals surface area contributed by atoms with Crippen LogP contribution in [0.1, 0.15) is 11.1 Å². The fraction of sp³-hybridized carbons (Fsp3) is 0.143. The van der Waals surface area contributed by atoms with Gasteiger partial charge in [-0.3, -0.25) is 0 Å². The lowest BCUT2D eigenvalue weighted by Crippen LogP contribution is -2.05. The summed E-state index contributed by atoms with van der Waals surface area (Å²) in [4.78, 5) is 2.35. The summed E-state index contributed by atoms with van der Waals surface area (Å²) in [5.41, 5.74) is 9.18. The Hall–Kier alpha value is -2.35. The fourth-order valence-electron chi connectivity index (χ4n) is 1.97. The second-order valence-corrected chi connectivity index (χ2v) is 8.39. The van der Waals surface area contributed by atoms with Gasteiger partial charge in [-0.2, -0.15) is 0 Å². The third kappa shape index (κ3) is 4.82. The minimum atomic E-state index is -3.92. The van der Waals surface area contributed by atoms with E-state index >= 15 is 0 Å². The number of sulfonamides is 1. The SMILES string of the molecule is [N-]=[N+]=NS(=O)(=O)Cc1ccc(S(=O)(=O)Cc2ccccc2)cc1. The average molecular weight is 351 g/mol. The second-order valence-electron chi connectivity index (χ2n) is 4.79. The van der Waals surface area contributed by atoms with Crippen molar-refractivity contribution in [2.45, 2.75) is 16.4 Å². The molecule has 0 aliphatic carbocycles. The zero-order chi connectivity index (χ0) is 16.9. The molecular formula is C14H13N3O4S2. The van der Waals surface area contributed by atoms with Crippen LogP contribution in [-0.2, 0) is 31.4 Å². The zero-order valence-corrected chi connectivity index (χ0v) is 13.5. The molecule has 0 fully saturated rings. The summed E-state index contributed by atoms with van der Waals surface area (Å²) in [5, 5.41) is 0. The van der Waals surface area contributed by atoms with E-state index in [1.54, 1.807) is 30.3 Å². The predicted molar refractivity (Wildman–Crippen MR) is 85.5 cm³/mol. The molecule has 7 nitrogen and oxygen atoms in total. The van der Waals surface area contributed by atoms with E-state index in [1.165, 1.54) is 24.3 Å². The van der Waals surface area contributed by atoms with Crippen molar-refractivity contribution in [3.8, 4) is 0 Å². The monoisotopic (exact) mass is 351 g/mol. The highest BCUT2D eigenvalue weighted by Crippen LogP contribution is 2.18. The molecule has 0 atom stereocenters. The van der Waals surface area contributed by atoms with Gasteiger partial charge in [0.25, 0.3) is 0 Å². The maximum Gasteiger partial charge on any atom is 0.239 e. The maximum atomic E-state index is 12.3. The molecule has 0 radical (unpaired) electrons. The van der Waals surface area contributed by atoms with E-state index < -0.39 is 25.6 Å². The molecule has 0 saturated heterocycles. The number of azide groups is 1. The van der Waals surface area contributed by atoms with Crippen molar-refractivity contribution >= 4 is 19.9 Å². The summed E-state index contributed by atoms with van der Waals surface area (Å²) >= 11 is 0. The van der Waals surface area contributed by atoms with Gasteiger partial charge in [0.1, 0.15) is 0 Å². The first kappa shape index (κ1) is 17.0. The van der Waals surface area contributed by atoms with Crippen LogP contribution in [0.4, 0.5) is 0 Å². The Labute approximate surface area is 134 Å². The third-order valence-electron chi connectivity index (χ3n) is 2.99. The van der Waals surface area contributed by atoms with Crippen LogP contribution in [0.2, 0.25) is 0 Å². The Morgan fingerprint density at radius 3 is 1.96 bits per heavy atom. The van der Waals surface area contributed by atoms with Gasteiger partial charge in [-0.15, -0.1) is 0 Å². The summed E-state index contributed by atoms with van der Waals surface area (Å²) in [7, 11) is -7.44. The first-order chi connectivity index (χ1) is 10.8. The highest BCUT2D eigenvalue weighted by atomic mass is 32.2. The van der Waals surface area contributed by atoms with E-state index in [0.29, 0.717) is 11.1 Å². The third-order valence-corrected chi connectivity index (χ3v) is 5.72. The van der Waals surface area contributed by atoms with Crippen molar-refractivity contribution in [1.29, 1.82) is 0 Å².